The minimum absolute atomic E-state index is 0.0112. The lowest BCUT2D eigenvalue weighted by molar-refractivity contribution is -0.120. The zero-order chi connectivity index (χ0) is 15.4. The van der Waals surface area contributed by atoms with Crippen molar-refractivity contribution in [2.24, 2.45) is 0 Å². The Kier molecular flexibility index (Phi) is 5.29. The van der Waals surface area contributed by atoms with Crippen LogP contribution in [0.5, 0.6) is 5.75 Å². The Balaban J connectivity index is 2.17. The van der Waals surface area contributed by atoms with Gasteiger partial charge in [0.15, 0.2) is 0 Å². The molecule has 21 heavy (non-hydrogen) atoms. The number of phenols is 1. The molecule has 0 fully saturated rings. The van der Waals surface area contributed by atoms with Gasteiger partial charge in [0.1, 0.15) is 13.6 Å². The first-order valence-corrected chi connectivity index (χ1v) is 7.59. The number of amides is 1. The van der Waals surface area contributed by atoms with E-state index in [4.69, 9.17) is 7.85 Å². The van der Waals surface area contributed by atoms with Crippen LogP contribution in [0, 0.1) is 0 Å². The van der Waals surface area contributed by atoms with Crippen LogP contribution < -0.4 is 10.8 Å². The van der Waals surface area contributed by atoms with Gasteiger partial charge in [0.2, 0.25) is 5.91 Å². The summed E-state index contributed by atoms with van der Waals surface area (Å²) in [6, 6.07) is 1.84. The molecule has 1 aromatic rings. The quantitative estimate of drug-likeness (QED) is 0.673. The maximum Gasteiger partial charge on any atom is 0.219 e. The highest BCUT2D eigenvalue weighted by Gasteiger charge is 2.27. The molecule has 0 bridgehead atoms. The molecule has 1 aliphatic carbocycles. The second kappa shape index (κ2) is 6.99. The largest absolute Gasteiger partial charge is 0.508 e. The number of hydrogen-bond donors (Lipinski definition) is 3. The van der Waals surface area contributed by atoms with Gasteiger partial charge in [-0.25, -0.2) is 0 Å². The standard InChI is InChI=1S/C16H22BNO3/c1-2-14(20)18-7-5-10-3-4-11-9-13(17)16(21)12(6-8-19)15(10)11/h9-10,19,21H,2-8H2,1H3,(H,18,20)/t10-/m0/s1. The summed E-state index contributed by atoms with van der Waals surface area (Å²) in [4.78, 5) is 11.3. The first-order valence-electron chi connectivity index (χ1n) is 7.59. The van der Waals surface area contributed by atoms with Crippen LogP contribution in [-0.2, 0) is 17.6 Å². The molecule has 3 N–H and O–H groups in total. The van der Waals surface area contributed by atoms with Crippen molar-refractivity contribution in [2.75, 3.05) is 13.2 Å². The monoisotopic (exact) mass is 287 g/mol. The van der Waals surface area contributed by atoms with E-state index in [-0.39, 0.29) is 18.3 Å². The molecular formula is C16H22BNO3. The van der Waals surface area contributed by atoms with Crippen molar-refractivity contribution in [1.29, 1.82) is 0 Å². The summed E-state index contributed by atoms with van der Waals surface area (Å²) < 4.78 is 0. The molecule has 0 spiro atoms. The number of aryl methyl sites for hydroxylation is 1. The van der Waals surface area contributed by atoms with Crippen LogP contribution in [0.25, 0.3) is 0 Å². The number of fused-ring (bicyclic) bond motifs is 1. The number of phenolic OH excluding ortho intramolecular Hbond substituents is 1. The number of aromatic hydroxyl groups is 1. The van der Waals surface area contributed by atoms with Crippen LogP contribution in [0.15, 0.2) is 6.07 Å². The molecule has 112 valence electrons. The van der Waals surface area contributed by atoms with E-state index in [1.807, 2.05) is 13.0 Å². The van der Waals surface area contributed by atoms with Gasteiger partial charge < -0.3 is 15.5 Å². The Morgan fingerprint density at radius 1 is 1.52 bits per heavy atom. The number of benzene rings is 1. The fraction of sp³-hybridized carbons (Fsp3) is 0.562. The van der Waals surface area contributed by atoms with Crippen LogP contribution in [0.4, 0.5) is 0 Å². The van der Waals surface area contributed by atoms with E-state index in [1.165, 1.54) is 5.56 Å². The summed E-state index contributed by atoms with van der Waals surface area (Å²) >= 11 is 0. The van der Waals surface area contributed by atoms with Crippen LogP contribution in [-0.4, -0.2) is 37.1 Å². The van der Waals surface area contributed by atoms with Gasteiger partial charge in [0.05, 0.1) is 0 Å². The molecule has 1 atom stereocenters. The lowest BCUT2D eigenvalue weighted by Gasteiger charge is -2.18. The molecule has 2 rings (SSSR count). The molecule has 0 saturated heterocycles. The summed E-state index contributed by atoms with van der Waals surface area (Å²) in [7, 11) is 5.84. The number of nitrogens with one attached hydrogen (secondary N) is 1. The van der Waals surface area contributed by atoms with Crippen molar-refractivity contribution in [1.82, 2.24) is 5.32 Å². The Bertz CT molecular complexity index is 531. The minimum atomic E-state index is -0.0112. The average Bonchev–Trinajstić information content (AvgIpc) is 2.86. The van der Waals surface area contributed by atoms with Gasteiger partial charge in [0.25, 0.3) is 0 Å². The summed E-state index contributed by atoms with van der Waals surface area (Å²) in [5.74, 6) is 0.474. The topological polar surface area (TPSA) is 69.6 Å². The van der Waals surface area contributed by atoms with Crippen LogP contribution in [0.3, 0.4) is 0 Å². The lowest BCUT2D eigenvalue weighted by atomic mass is 9.84. The number of hydrogen-bond acceptors (Lipinski definition) is 3. The van der Waals surface area contributed by atoms with E-state index < -0.39 is 0 Å². The van der Waals surface area contributed by atoms with Crippen molar-refractivity contribution in [3.05, 3.63) is 22.8 Å². The van der Waals surface area contributed by atoms with Crippen molar-refractivity contribution in [2.45, 2.75) is 44.9 Å². The van der Waals surface area contributed by atoms with Gasteiger partial charge in [-0.2, -0.15) is 0 Å². The van der Waals surface area contributed by atoms with Gasteiger partial charge in [0, 0.05) is 19.6 Å². The SMILES string of the molecule is [B]c1cc2c(c(CCO)c1O)[C@H](CCNC(=O)CC)CC2. The Hall–Kier alpha value is -1.49. The van der Waals surface area contributed by atoms with Crippen LogP contribution in [0.1, 0.15) is 48.8 Å². The van der Waals surface area contributed by atoms with Gasteiger partial charge >= 0.3 is 0 Å². The highest BCUT2D eigenvalue weighted by molar-refractivity contribution is 6.34. The molecule has 0 aromatic heterocycles. The van der Waals surface area contributed by atoms with Crippen molar-refractivity contribution < 1.29 is 15.0 Å². The highest BCUT2D eigenvalue weighted by atomic mass is 16.3. The van der Waals surface area contributed by atoms with E-state index in [2.05, 4.69) is 5.32 Å². The maximum atomic E-state index is 11.3. The Labute approximate surface area is 127 Å². The third-order valence-corrected chi connectivity index (χ3v) is 4.23. The molecule has 4 nitrogen and oxygen atoms in total. The number of carbonyl (C=O) groups is 1. The highest BCUT2D eigenvalue weighted by Crippen LogP contribution is 2.40. The van der Waals surface area contributed by atoms with Crippen LogP contribution in [0.2, 0.25) is 0 Å². The molecule has 0 saturated carbocycles. The Morgan fingerprint density at radius 2 is 2.29 bits per heavy atom. The van der Waals surface area contributed by atoms with Gasteiger partial charge in [-0.05, 0) is 48.3 Å². The normalized spacial score (nSPS) is 16.8. The molecule has 1 aromatic carbocycles. The van der Waals surface area contributed by atoms with Crippen molar-refractivity contribution in [3.63, 3.8) is 0 Å². The average molecular weight is 287 g/mol. The summed E-state index contributed by atoms with van der Waals surface area (Å²) in [5.41, 5.74) is 3.45. The number of aliphatic hydroxyl groups is 1. The predicted octanol–water partition coefficient (Wildman–Crippen LogP) is 0.667. The van der Waals surface area contributed by atoms with E-state index in [0.29, 0.717) is 30.8 Å². The van der Waals surface area contributed by atoms with Crippen LogP contribution >= 0.6 is 0 Å². The lowest BCUT2D eigenvalue weighted by Crippen LogP contribution is -2.24. The molecule has 0 unspecified atom stereocenters. The first-order chi connectivity index (χ1) is 10.1. The van der Waals surface area contributed by atoms with Gasteiger partial charge in [-0.1, -0.05) is 18.5 Å². The van der Waals surface area contributed by atoms with Crippen molar-refractivity contribution in [3.8, 4) is 5.75 Å². The fourth-order valence-electron chi connectivity index (χ4n) is 3.18. The second-order valence-corrected chi connectivity index (χ2v) is 5.57. The van der Waals surface area contributed by atoms with E-state index >= 15 is 0 Å². The third-order valence-electron chi connectivity index (χ3n) is 4.23. The summed E-state index contributed by atoms with van der Waals surface area (Å²) in [6.45, 7) is 2.46. The Morgan fingerprint density at radius 3 is 2.95 bits per heavy atom. The molecule has 1 amide bonds. The molecule has 0 heterocycles. The van der Waals surface area contributed by atoms with E-state index in [9.17, 15) is 15.0 Å². The fourth-order valence-corrected chi connectivity index (χ4v) is 3.18. The zero-order valence-corrected chi connectivity index (χ0v) is 12.5. The number of rotatable bonds is 6. The van der Waals surface area contributed by atoms with Crippen molar-refractivity contribution >= 4 is 19.2 Å². The minimum Gasteiger partial charge on any atom is -0.508 e. The first kappa shape index (κ1) is 15.9. The molecule has 2 radical (unpaired) electrons. The number of carbonyl (C=O) groups excluding carboxylic acids is 1. The predicted molar refractivity (Wildman–Crippen MR) is 83.3 cm³/mol. The summed E-state index contributed by atoms with van der Waals surface area (Å²) in [5, 5.41) is 22.3. The van der Waals surface area contributed by atoms with Gasteiger partial charge in [-0.3, -0.25) is 4.79 Å². The zero-order valence-electron chi connectivity index (χ0n) is 12.5. The maximum absolute atomic E-state index is 11.3. The number of aliphatic hydroxyl groups excluding tert-OH is 1. The molecule has 5 heteroatoms. The summed E-state index contributed by atoms with van der Waals surface area (Å²) in [6.07, 6.45) is 3.69. The molecule has 0 aliphatic heterocycles. The molecular weight excluding hydrogens is 265 g/mol. The molecule has 1 aliphatic rings. The second-order valence-electron chi connectivity index (χ2n) is 5.57. The smallest absolute Gasteiger partial charge is 0.219 e. The van der Waals surface area contributed by atoms with Gasteiger partial charge in [-0.15, -0.1) is 0 Å². The van der Waals surface area contributed by atoms with E-state index in [0.717, 1.165) is 30.4 Å². The third kappa shape index (κ3) is 3.40. The van der Waals surface area contributed by atoms with E-state index in [1.54, 1.807) is 0 Å².